The van der Waals surface area contributed by atoms with Gasteiger partial charge in [-0.2, -0.15) is 4.31 Å². The van der Waals surface area contributed by atoms with Crippen molar-refractivity contribution in [2.75, 3.05) is 52.1 Å². The number of quaternary nitrogens is 3. The maximum atomic E-state index is 14.0. The number of benzene rings is 1. The molecule has 4 saturated heterocycles. The first-order valence-electron chi connectivity index (χ1n) is 10.7. The third-order valence-corrected chi connectivity index (χ3v) is 10.3. The van der Waals surface area contributed by atoms with Crippen molar-refractivity contribution >= 4 is 27.6 Å². The molecule has 4 fully saturated rings. The standard InChI is InChI=1S/C21H32N4O3S2/c1-17-5-7-18(8-6-17)29-16-25(9-19(26)20(2,3)4)30(27,28)21-10-22-13-23(11-21)15-24(12-21)14-22/h5-8H,9-16H2,1-4H3/p+3. The number of rotatable bonds is 7. The van der Waals surface area contributed by atoms with Gasteiger partial charge in [-0.3, -0.25) is 4.79 Å². The molecule has 0 saturated carbocycles. The predicted octanol–water partition coefficient (Wildman–Crippen LogP) is -2.40. The summed E-state index contributed by atoms with van der Waals surface area (Å²) in [4.78, 5) is 18.0. The molecule has 166 valence electrons. The van der Waals surface area contributed by atoms with Gasteiger partial charge in [0.15, 0.2) is 5.78 Å². The Morgan fingerprint density at radius 1 is 1.03 bits per heavy atom. The Morgan fingerprint density at radius 3 is 2.00 bits per heavy atom. The van der Waals surface area contributed by atoms with E-state index in [0.717, 1.165) is 24.9 Å². The van der Waals surface area contributed by atoms with Gasteiger partial charge in [0.05, 0.1) is 12.4 Å². The monoisotopic (exact) mass is 455 g/mol. The lowest BCUT2D eigenvalue weighted by Crippen LogP contribution is -3.56. The summed E-state index contributed by atoms with van der Waals surface area (Å²) in [6, 6.07) is 8.10. The summed E-state index contributed by atoms with van der Waals surface area (Å²) < 4.78 is 28.8. The van der Waals surface area contributed by atoms with E-state index < -0.39 is 20.2 Å². The molecule has 5 rings (SSSR count). The molecule has 0 radical (unpaired) electrons. The Balaban J connectivity index is 1.60. The second kappa shape index (κ2) is 7.86. The van der Waals surface area contributed by atoms with Gasteiger partial charge in [-0.05, 0) is 19.1 Å². The molecule has 0 unspecified atom stereocenters. The molecule has 1 aromatic rings. The first-order chi connectivity index (χ1) is 14.0. The molecule has 7 nitrogen and oxygen atoms in total. The van der Waals surface area contributed by atoms with Gasteiger partial charge >= 0.3 is 0 Å². The van der Waals surface area contributed by atoms with E-state index in [0.29, 0.717) is 19.6 Å². The average Bonchev–Trinajstić information content (AvgIpc) is 2.64. The zero-order valence-corrected chi connectivity index (χ0v) is 20.1. The molecule has 4 heterocycles. The topological polar surface area (TPSA) is 67.8 Å². The number of thioether (sulfide) groups is 1. The number of hydrogen-bond donors (Lipinski definition) is 3. The number of sulfonamides is 1. The molecule has 4 aliphatic rings. The highest BCUT2D eigenvalue weighted by atomic mass is 32.2. The Labute approximate surface area is 184 Å². The molecule has 0 spiro atoms. The van der Waals surface area contributed by atoms with E-state index in [-0.39, 0.29) is 18.2 Å². The van der Waals surface area contributed by atoms with Crippen molar-refractivity contribution in [1.29, 1.82) is 0 Å². The number of nitrogens with one attached hydrogen (secondary N) is 3. The van der Waals surface area contributed by atoms with Crippen LogP contribution in [0.1, 0.15) is 26.3 Å². The molecule has 9 heteroatoms. The largest absolute Gasteiger partial charge is 0.298 e. The summed E-state index contributed by atoms with van der Waals surface area (Å²) in [5.74, 6) is 0.239. The van der Waals surface area contributed by atoms with Crippen molar-refractivity contribution in [2.45, 2.75) is 37.3 Å². The highest BCUT2D eigenvalue weighted by Gasteiger charge is 2.65. The van der Waals surface area contributed by atoms with Gasteiger partial charge < -0.3 is 0 Å². The van der Waals surface area contributed by atoms with Crippen molar-refractivity contribution in [1.82, 2.24) is 4.31 Å². The van der Waals surface area contributed by atoms with E-state index in [4.69, 9.17) is 0 Å². The quantitative estimate of drug-likeness (QED) is 0.317. The predicted molar refractivity (Wildman–Crippen MR) is 117 cm³/mol. The number of hydrogen-bond acceptors (Lipinski definition) is 4. The maximum absolute atomic E-state index is 14.0. The summed E-state index contributed by atoms with van der Waals surface area (Å²) in [7, 11) is -3.62. The minimum absolute atomic E-state index is 0.0340. The highest BCUT2D eigenvalue weighted by molar-refractivity contribution is 8.00. The van der Waals surface area contributed by atoms with Gasteiger partial charge in [0.2, 0.25) is 34.8 Å². The molecule has 3 N–H and O–H groups in total. The molecule has 30 heavy (non-hydrogen) atoms. The summed E-state index contributed by atoms with van der Waals surface area (Å²) in [5.41, 5.74) is 0.605. The van der Waals surface area contributed by atoms with Crippen LogP contribution >= 0.6 is 11.8 Å². The van der Waals surface area contributed by atoms with Gasteiger partial charge in [-0.1, -0.05) is 38.5 Å². The first kappa shape index (κ1) is 22.2. The summed E-state index contributed by atoms with van der Waals surface area (Å²) in [6.07, 6.45) is 0. The number of Topliss-reactive ketones (excluding diaryl/α,β-unsaturated/α-hetero) is 1. The fraction of sp³-hybridized carbons (Fsp3) is 0.667. The van der Waals surface area contributed by atoms with Crippen molar-refractivity contribution in [3.05, 3.63) is 29.8 Å². The lowest BCUT2D eigenvalue weighted by atomic mass is 9.91. The lowest BCUT2D eigenvalue weighted by Gasteiger charge is -2.52. The van der Waals surface area contributed by atoms with Crippen molar-refractivity contribution in [3.8, 4) is 0 Å². The van der Waals surface area contributed by atoms with Crippen LogP contribution in [0.3, 0.4) is 0 Å². The van der Waals surface area contributed by atoms with Crippen LogP contribution < -0.4 is 14.7 Å². The van der Waals surface area contributed by atoms with Crippen molar-refractivity contribution < 1.29 is 27.9 Å². The summed E-state index contributed by atoms with van der Waals surface area (Å²) in [5, 5.41) is 0. The molecule has 4 aliphatic heterocycles. The first-order valence-corrected chi connectivity index (χ1v) is 13.1. The zero-order valence-electron chi connectivity index (χ0n) is 18.5. The van der Waals surface area contributed by atoms with Crippen LogP contribution in [0.15, 0.2) is 29.2 Å². The van der Waals surface area contributed by atoms with E-state index in [2.05, 4.69) is 0 Å². The summed E-state index contributed by atoms with van der Waals surface area (Å²) in [6.45, 7) is 12.6. The summed E-state index contributed by atoms with van der Waals surface area (Å²) >= 11 is 1.49. The average molecular weight is 456 g/mol. The Kier molecular flexibility index (Phi) is 5.83. The smallest absolute Gasteiger partial charge is 0.238 e. The fourth-order valence-electron chi connectivity index (χ4n) is 5.10. The third-order valence-electron chi connectivity index (χ3n) is 6.66. The number of carbonyl (C=O) groups is 1. The van der Waals surface area contributed by atoms with Crippen LogP contribution in [0, 0.1) is 12.3 Å². The molecule has 0 amide bonds. The molecule has 0 aromatic heterocycles. The van der Waals surface area contributed by atoms with Crippen LogP contribution in [0.5, 0.6) is 0 Å². The van der Waals surface area contributed by atoms with Gasteiger partial charge in [-0.25, -0.2) is 23.1 Å². The van der Waals surface area contributed by atoms with Gasteiger partial charge in [0.1, 0.15) is 19.6 Å². The molecular formula is C21H35N4O3S2+3. The van der Waals surface area contributed by atoms with Crippen LogP contribution in [-0.2, 0) is 14.8 Å². The highest BCUT2D eigenvalue weighted by Crippen LogP contribution is 2.28. The van der Waals surface area contributed by atoms with Gasteiger partial charge in [-0.15, -0.1) is 11.8 Å². The second-order valence-corrected chi connectivity index (χ2v) is 13.7. The van der Waals surface area contributed by atoms with Crippen LogP contribution in [0.2, 0.25) is 0 Å². The van der Waals surface area contributed by atoms with E-state index in [1.807, 2.05) is 52.0 Å². The van der Waals surface area contributed by atoms with Gasteiger partial charge in [0, 0.05) is 10.3 Å². The van der Waals surface area contributed by atoms with Crippen LogP contribution in [0.25, 0.3) is 0 Å². The van der Waals surface area contributed by atoms with Gasteiger partial charge in [0.25, 0.3) is 0 Å². The molecule has 1 aromatic carbocycles. The van der Waals surface area contributed by atoms with Crippen molar-refractivity contribution in [2.24, 2.45) is 5.41 Å². The zero-order chi connectivity index (χ0) is 21.7. The Bertz CT molecular complexity index is 874. The van der Waals surface area contributed by atoms with E-state index in [1.54, 1.807) is 0 Å². The SMILES string of the molecule is Cc1ccc(SCN(CC(=O)C(C)(C)C)S(=O)(=O)C23C[NH+]4C[NH+](C[NH+](C4)C2)C3)cc1. The molecule has 0 aliphatic carbocycles. The number of ketones is 1. The number of carbonyl (C=O) groups excluding carboxylic acids is 1. The number of nitrogens with zero attached hydrogens (tertiary/aromatic N) is 1. The third kappa shape index (κ3) is 4.20. The van der Waals surface area contributed by atoms with E-state index in [9.17, 15) is 13.2 Å². The Morgan fingerprint density at radius 2 is 1.53 bits per heavy atom. The van der Waals surface area contributed by atoms with E-state index in [1.165, 1.54) is 36.3 Å². The molecule has 4 bridgehead atoms. The van der Waals surface area contributed by atoms with Crippen LogP contribution in [0.4, 0.5) is 0 Å². The minimum Gasteiger partial charge on any atom is -0.298 e. The Hall–Kier alpha value is -0.970. The number of aryl methyl sites for hydroxylation is 1. The molecule has 0 atom stereocenters. The second-order valence-electron chi connectivity index (χ2n) is 10.4. The maximum Gasteiger partial charge on any atom is 0.238 e. The molecular weight excluding hydrogens is 420 g/mol. The fourth-order valence-corrected chi connectivity index (χ4v) is 8.52. The van der Waals surface area contributed by atoms with Crippen molar-refractivity contribution in [3.63, 3.8) is 0 Å². The minimum atomic E-state index is -3.62. The van der Waals surface area contributed by atoms with Crippen LogP contribution in [-0.4, -0.2) is 75.3 Å². The van der Waals surface area contributed by atoms with E-state index >= 15 is 0 Å². The lowest BCUT2D eigenvalue weighted by molar-refractivity contribution is -1.29. The normalized spacial score (nSPS) is 30.8.